The van der Waals surface area contributed by atoms with E-state index in [1.165, 1.54) is 6.21 Å². The molecule has 2 N–H and O–H groups in total. The second-order valence-corrected chi connectivity index (χ2v) is 6.38. The summed E-state index contributed by atoms with van der Waals surface area (Å²) in [7, 11) is 0. The molecule has 3 rings (SSSR count). The zero-order chi connectivity index (χ0) is 19.9. The highest BCUT2D eigenvalue weighted by Gasteiger charge is 2.08. The quantitative estimate of drug-likeness (QED) is 0.507. The predicted molar refractivity (Wildman–Crippen MR) is 110 cm³/mol. The summed E-state index contributed by atoms with van der Waals surface area (Å²) in [5.41, 5.74) is 5.39. The number of hydrogen-bond donors (Lipinski definition) is 2. The van der Waals surface area contributed by atoms with Gasteiger partial charge >= 0.3 is 0 Å². The van der Waals surface area contributed by atoms with Crippen LogP contribution < -0.4 is 10.7 Å². The zero-order valence-electron chi connectivity index (χ0n) is 15.0. The monoisotopic (exact) mass is 392 g/mol. The topological polar surface area (TPSA) is 83.5 Å². The van der Waals surface area contributed by atoms with Gasteiger partial charge < -0.3 is 5.32 Å². The van der Waals surface area contributed by atoms with Gasteiger partial charge in [-0.1, -0.05) is 23.7 Å². The molecule has 1 heterocycles. The molecule has 0 aliphatic rings. The highest BCUT2D eigenvalue weighted by molar-refractivity contribution is 6.31. The lowest BCUT2D eigenvalue weighted by atomic mass is 10.1. The smallest absolute Gasteiger partial charge is 0.271 e. The molecule has 2 aromatic carbocycles. The molecule has 140 valence electrons. The molecular formula is C21H17ClN4O2. The van der Waals surface area contributed by atoms with Crippen molar-refractivity contribution in [1.82, 2.24) is 10.4 Å². The molecule has 0 radical (unpaired) electrons. The summed E-state index contributed by atoms with van der Waals surface area (Å²) in [5.74, 6) is -0.647. The van der Waals surface area contributed by atoms with Crippen LogP contribution in [0.3, 0.4) is 0 Å². The molecule has 0 atom stereocenters. The minimum absolute atomic E-state index is 0.282. The van der Waals surface area contributed by atoms with Crippen LogP contribution in [0, 0.1) is 6.92 Å². The first-order chi connectivity index (χ1) is 13.5. The normalized spacial score (nSPS) is 10.6. The summed E-state index contributed by atoms with van der Waals surface area (Å²) in [4.78, 5) is 28.6. The van der Waals surface area contributed by atoms with Gasteiger partial charge in [0.25, 0.3) is 11.8 Å². The Balaban J connectivity index is 1.59. The maximum Gasteiger partial charge on any atom is 0.271 e. The third kappa shape index (κ3) is 5.25. The van der Waals surface area contributed by atoms with E-state index < -0.39 is 0 Å². The van der Waals surface area contributed by atoms with Crippen molar-refractivity contribution in [3.63, 3.8) is 0 Å². The van der Waals surface area contributed by atoms with Crippen molar-refractivity contribution in [2.75, 3.05) is 5.32 Å². The van der Waals surface area contributed by atoms with Crippen LogP contribution in [0.2, 0.25) is 5.02 Å². The second kappa shape index (κ2) is 8.92. The van der Waals surface area contributed by atoms with E-state index in [9.17, 15) is 9.59 Å². The molecule has 7 heteroatoms. The molecule has 6 nitrogen and oxygen atoms in total. The average molecular weight is 393 g/mol. The Hall–Kier alpha value is -3.51. The second-order valence-electron chi connectivity index (χ2n) is 5.94. The van der Waals surface area contributed by atoms with Crippen molar-refractivity contribution >= 4 is 35.3 Å². The van der Waals surface area contributed by atoms with Crippen molar-refractivity contribution in [2.24, 2.45) is 5.10 Å². The molecule has 0 fully saturated rings. The summed E-state index contributed by atoms with van der Waals surface area (Å²) in [5, 5.41) is 7.15. The molecule has 0 saturated carbocycles. The number of aromatic nitrogens is 1. The van der Waals surface area contributed by atoms with Crippen molar-refractivity contribution in [2.45, 2.75) is 6.92 Å². The molecule has 28 heavy (non-hydrogen) atoms. The number of nitrogens with one attached hydrogen (secondary N) is 2. The number of hydrogen-bond acceptors (Lipinski definition) is 4. The van der Waals surface area contributed by atoms with Gasteiger partial charge in [-0.05, 0) is 61.5 Å². The minimum atomic E-state index is -0.364. The lowest BCUT2D eigenvalue weighted by Gasteiger charge is -2.06. The molecule has 2 amide bonds. The molecule has 0 aliphatic carbocycles. The van der Waals surface area contributed by atoms with Crippen LogP contribution in [0.4, 0.5) is 5.69 Å². The van der Waals surface area contributed by atoms with Crippen LogP contribution in [-0.2, 0) is 0 Å². The van der Waals surface area contributed by atoms with Gasteiger partial charge in [-0.25, -0.2) is 5.43 Å². The van der Waals surface area contributed by atoms with Gasteiger partial charge in [0, 0.05) is 27.5 Å². The third-order valence-corrected chi connectivity index (χ3v) is 4.00. The van der Waals surface area contributed by atoms with E-state index in [-0.39, 0.29) is 11.8 Å². The number of rotatable bonds is 5. The number of carbonyl (C=O) groups is 2. The van der Waals surface area contributed by atoms with E-state index in [4.69, 9.17) is 11.6 Å². The van der Waals surface area contributed by atoms with Crippen molar-refractivity contribution in [1.29, 1.82) is 0 Å². The summed E-state index contributed by atoms with van der Waals surface area (Å²) in [6, 6.07) is 18.7. The van der Waals surface area contributed by atoms with Crippen LogP contribution in [0.15, 0.2) is 71.8 Å². The largest absolute Gasteiger partial charge is 0.322 e. The van der Waals surface area contributed by atoms with E-state index in [0.717, 1.165) is 5.69 Å². The molecule has 0 bridgehead atoms. The fourth-order valence-corrected chi connectivity index (χ4v) is 2.59. The molecule has 0 unspecified atom stereocenters. The molecule has 1 aromatic heterocycles. The van der Waals surface area contributed by atoms with Crippen molar-refractivity contribution < 1.29 is 9.59 Å². The Bertz CT molecular complexity index is 1030. The van der Waals surface area contributed by atoms with E-state index in [0.29, 0.717) is 27.5 Å². The SMILES string of the molecule is Cc1cccc(/C=N\NC(=O)c2ccc(NC(=O)c3cccc(Cl)c3)cc2)n1. The fourth-order valence-electron chi connectivity index (χ4n) is 2.40. The first kappa shape index (κ1) is 19.3. The summed E-state index contributed by atoms with van der Waals surface area (Å²) >= 11 is 5.90. The number of pyridine rings is 1. The third-order valence-electron chi connectivity index (χ3n) is 3.76. The lowest BCUT2D eigenvalue weighted by Crippen LogP contribution is -2.18. The molecule has 0 spiro atoms. The number of nitrogens with zero attached hydrogens (tertiary/aromatic N) is 2. The van der Waals surface area contributed by atoms with Gasteiger partial charge in [-0.2, -0.15) is 5.10 Å². The number of carbonyl (C=O) groups excluding carboxylic acids is 2. The van der Waals surface area contributed by atoms with Gasteiger partial charge in [-0.3, -0.25) is 14.6 Å². The Kier molecular flexibility index (Phi) is 6.14. The summed E-state index contributed by atoms with van der Waals surface area (Å²) < 4.78 is 0. The minimum Gasteiger partial charge on any atom is -0.322 e. The van der Waals surface area contributed by atoms with Gasteiger partial charge in [-0.15, -0.1) is 0 Å². The van der Waals surface area contributed by atoms with Crippen LogP contribution in [0.5, 0.6) is 0 Å². The van der Waals surface area contributed by atoms with Crippen LogP contribution in [0.1, 0.15) is 32.1 Å². The average Bonchev–Trinajstić information content (AvgIpc) is 2.68. The van der Waals surface area contributed by atoms with E-state index in [1.54, 1.807) is 54.6 Å². The number of hydrazone groups is 1. The van der Waals surface area contributed by atoms with Crippen molar-refractivity contribution in [3.05, 3.63) is 94.3 Å². The van der Waals surface area contributed by atoms with Crippen LogP contribution in [-0.4, -0.2) is 23.0 Å². The molecule has 0 aliphatic heterocycles. The first-order valence-corrected chi connectivity index (χ1v) is 8.83. The van der Waals surface area contributed by atoms with Crippen molar-refractivity contribution in [3.8, 4) is 0 Å². The van der Waals surface area contributed by atoms with E-state index in [2.05, 4.69) is 20.8 Å². The molecule has 0 saturated heterocycles. The number of benzene rings is 2. The summed E-state index contributed by atoms with van der Waals surface area (Å²) in [6.07, 6.45) is 1.48. The molecule has 3 aromatic rings. The Morgan fingerprint density at radius 2 is 1.71 bits per heavy atom. The number of amides is 2. The highest BCUT2D eigenvalue weighted by atomic mass is 35.5. The van der Waals surface area contributed by atoms with Gasteiger partial charge in [0.15, 0.2) is 0 Å². The first-order valence-electron chi connectivity index (χ1n) is 8.45. The van der Waals surface area contributed by atoms with Crippen LogP contribution >= 0.6 is 11.6 Å². The Morgan fingerprint density at radius 1 is 0.964 bits per heavy atom. The lowest BCUT2D eigenvalue weighted by molar-refractivity contribution is 0.0954. The van der Waals surface area contributed by atoms with Gasteiger partial charge in [0.05, 0.1) is 11.9 Å². The maximum atomic E-state index is 12.2. The Labute approximate surface area is 167 Å². The van der Waals surface area contributed by atoms with E-state index >= 15 is 0 Å². The number of aryl methyl sites for hydroxylation is 1. The predicted octanol–water partition coefficient (Wildman–Crippen LogP) is 4.06. The standard InChI is InChI=1S/C21H17ClN4O2/c1-14-4-2-7-19(24-14)13-23-26-21(28)15-8-10-18(11-9-15)25-20(27)16-5-3-6-17(22)12-16/h2-13H,1H3,(H,25,27)(H,26,28)/b23-13-. The number of anilines is 1. The summed E-state index contributed by atoms with van der Waals surface area (Å²) in [6.45, 7) is 1.88. The Morgan fingerprint density at radius 3 is 2.43 bits per heavy atom. The fraction of sp³-hybridized carbons (Fsp3) is 0.0476. The highest BCUT2D eigenvalue weighted by Crippen LogP contribution is 2.14. The van der Waals surface area contributed by atoms with Crippen LogP contribution in [0.25, 0.3) is 0 Å². The van der Waals surface area contributed by atoms with Gasteiger partial charge in [0.1, 0.15) is 0 Å². The maximum absolute atomic E-state index is 12.2. The molecular weight excluding hydrogens is 376 g/mol. The number of halogens is 1. The van der Waals surface area contributed by atoms with Gasteiger partial charge in [0.2, 0.25) is 0 Å². The zero-order valence-corrected chi connectivity index (χ0v) is 15.8. The van der Waals surface area contributed by atoms with E-state index in [1.807, 2.05) is 19.1 Å².